The maximum absolute atomic E-state index is 13.4. The Labute approximate surface area is 208 Å². The van der Waals surface area contributed by atoms with E-state index >= 15 is 0 Å². The van der Waals surface area contributed by atoms with Crippen molar-refractivity contribution in [3.05, 3.63) is 40.0 Å². The molecular weight excluding hydrogens is 462 g/mol. The molecular formula is C26H29N5O3S. The molecule has 2 aliphatic heterocycles. The van der Waals surface area contributed by atoms with Crippen LogP contribution in [0.15, 0.2) is 23.5 Å². The van der Waals surface area contributed by atoms with Gasteiger partial charge in [-0.05, 0) is 61.9 Å². The number of rotatable bonds is 4. The monoisotopic (exact) mass is 491 g/mol. The van der Waals surface area contributed by atoms with Crippen molar-refractivity contribution in [1.82, 2.24) is 14.9 Å². The third-order valence-electron chi connectivity index (χ3n) is 7.13. The Hall–Kier alpha value is -3.04. The van der Waals surface area contributed by atoms with Crippen molar-refractivity contribution in [2.45, 2.75) is 51.9 Å². The van der Waals surface area contributed by atoms with Crippen LogP contribution in [0.1, 0.15) is 41.8 Å². The number of carbonyl (C=O) groups is 1. The van der Waals surface area contributed by atoms with Gasteiger partial charge in [0.05, 0.1) is 36.9 Å². The number of methoxy groups -OCH3 is 1. The van der Waals surface area contributed by atoms with Crippen LogP contribution in [0, 0.1) is 5.92 Å². The molecule has 1 fully saturated rings. The summed E-state index contributed by atoms with van der Waals surface area (Å²) >= 11 is 1.68. The number of hydrogen-bond acceptors (Lipinski definition) is 8. The topological polar surface area (TPSA) is 88.9 Å². The highest BCUT2D eigenvalue weighted by atomic mass is 32.1. The van der Waals surface area contributed by atoms with Gasteiger partial charge in [-0.2, -0.15) is 0 Å². The highest BCUT2D eigenvalue weighted by Gasteiger charge is 2.34. The van der Waals surface area contributed by atoms with Crippen LogP contribution in [0.25, 0.3) is 10.2 Å². The SMILES string of the molecule is COc1cc2c(cc1Nc1ncnc3sc4c(c13)CC[C@H](C(=O)N1C[C@@H](C)O[C@H](C)C1)C4)C=NC2. The molecule has 2 aromatic heterocycles. The molecule has 0 radical (unpaired) electrons. The van der Waals surface area contributed by atoms with Crippen LogP contribution < -0.4 is 10.1 Å². The zero-order chi connectivity index (χ0) is 24.1. The molecule has 6 rings (SSSR count). The summed E-state index contributed by atoms with van der Waals surface area (Å²) in [5.41, 5.74) is 4.38. The number of ether oxygens (including phenoxy) is 2. The van der Waals surface area contributed by atoms with Gasteiger partial charge >= 0.3 is 0 Å². The van der Waals surface area contributed by atoms with Crippen molar-refractivity contribution < 1.29 is 14.3 Å². The number of anilines is 2. The van der Waals surface area contributed by atoms with Crippen molar-refractivity contribution in [2.24, 2.45) is 10.9 Å². The Morgan fingerprint density at radius 3 is 2.86 bits per heavy atom. The third-order valence-corrected chi connectivity index (χ3v) is 8.29. The van der Waals surface area contributed by atoms with Crippen LogP contribution in [0.4, 0.5) is 11.5 Å². The van der Waals surface area contributed by atoms with Crippen molar-refractivity contribution in [2.75, 3.05) is 25.5 Å². The molecule has 1 N–H and O–H groups in total. The fourth-order valence-corrected chi connectivity index (χ4v) is 6.83. The van der Waals surface area contributed by atoms with E-state index in [0.717, 1.165) is 57.9 Å². The Kier molecular flexibility index (Phi) is 5.69. The molecule has 0 saturated carbocycles. The molecule has 4 heterocycles. The number of nitrogens with one attached hydrogen (secondary N) is 1. The van der Waals surface area contributed by atoms with Crippen molar-refractivity contribution >= 4 is 45.2 Å². The van der Waals surface area contributed by atoms with Crippen molar-refractivity contribution in [3.8, 4) is 5.75 Å². The predicted molar refractivity (Wildman–Crippen MR) is 137 cm³/mol. The zero-order valence-corrected chi connectivity index (χ0v) is 21.0. The van der Waals surface area contributed by atoms with E-state index in [1.807, 2.05) is 31.0 Å². The minimum Gasteiger partial charge on any atom is -0.495 e. The van der Waals surface area contributed by atoms with E-state index in [0.29, 0.717) is 19.6 Å². The minimum absolute atomic E-state index is 0.00789. The Bertz CT molecular complexity index is 1330. The van der Waals surface area contributed by atoms with Crippen LogP contribution in [0.5, 0.6) is 5.75 Å². The first-order valence-corrected chi connectivity index (χ1v) is 13.0. The Morgan fingerprint density at radius 2 is 2.06 bits per heavy atom. The van der Waals surface area contributed by atoms with Gasteiger partial charge in [0.1, 0.15) is 22.7 Å². The number of amides is 1. The lowest BCUT2D eigenvalue weighted by Gasteiger charge is -2.37. The smallest absolute Gasteiger partial charge is 0.226 e. The van der Waals surface area contributed by atoms with Gasteiger partial charge in [-0.15, -0.1) is 11.3 Å². The number of benzene rings is 1. The van der Waals surface area contributed by atoms with Crippen LogP contribution in [0.2, 0.25) is 0 Å². The summed E-state index contributed by atoms with van der Waals surface area (Å²) in [6.45, 7) is 6.11. The molecule has 1 amide bonds. The van der Waals surface area contributed by atoms with Gasteiger partial charge < -0.3 is 19.7 Å². The first kappa shape index (κ1) is 22.4. The molecule has 182 valence electrons. The number of nitrogens with zero attached hydrogens (tertiary/aromatic N) is 4. The second-order valence-corrected chi connectivity index (χ2v) is 10.8. The van der Waals surface area contributed by atoms with Gasteiger partial charge in [-0.25, -0.2) is 9.97 Å². The van der Waals surface area contributed by atoms with E-state index in [1.165, 1.54) is 10.4 Å². The number of aromatic nitrogens is 2. The number of fused-ring (bicyclic) bond motifs is 4. The summed E-state index contributed by atoms with van der Waals surface area (Å²) < 4.78 is 11.5. The van der Waals surface area contributed by atoms with Gasteiger partial charge in [-0.1, -0.05) is 0 Å². The molecule has 0 bridgehead atoms. The molecule has 8 nitrogen and oxygen atoms in total. The lowest BCUT2D eigenvalue weighted by molar-refractivity contribution is -0.147. The second kappa shape index (κ2) is 8.87. The summed E-state index contributed by atoms with van der Waals surface area (Å²) in [4.78, 5) is 31.1. The Morgan fingerprint density at radius 1 is 1.23 bits per heavy atom. The highest BCUT2D eigenvalue weighted by Crippen LogP contribution is 2.42. The second-order valence-electron chi connectivity index (χ2n) is 9.69. The summed E-state index contributed by atoms with van der Waals surface area (Å²) in [6.07, 6.45) is 6.10. The van der Waals surface area contributed by atoms with Crippen molar-refractivity contribution in [1.29, 1.82) is 0 Å². The number of aryl methyl sites for hydroxylation is 1. The van der Waals surface area contributed by atoms with Crippen LogP contribution >= 0.6 is 11.3 Å². The number of hydrogen-bond donors (Lipinski definition) is 1. The van der Waals surface area contributed by atoms with Gasteiger partial charge in [0.15, 0.2) is 0 Å². The van der Waals surface area contributed by atoms with E-state index in [-0.39, 0.29) is 24.0 Å². The third kappa shape index (κ3) is 4.06. The number of morpholine rings is 1. The zero-order valence-electron chi connectivity index (χ0n) is 20.2. The maximum Gasteiger partial charge on any atom is 0.226 e. The molecule has 3 atom stereocenters. The molecule has 3 aliphatic rings. The van der Waals surface area contributed by atoms with Crippen molar-refractivity contribution in [3.63, 3.8) is 0 Å². The van der Waals surface area contributed by atoms with Gasteiger partial charge in [-0.3, -0.25) is 9.79 Å². The molecule has 35 heavy (non-hydrogen) atoms. The standard InChI is InChI=1S/C26H29N5O3S/c1-14-11-31(12-15(2)34-14)26(32)16-4-5-19-22(8-16)35-25-23(19)24(28-13-29-25)30-20-6-17-9-27-10-18(17)7-21(20)33-3/h6-7,9,13-16H,4-5,8,10-12H2,1-3H3,(H,28,29,30)/t14-,15-,16+/m1/s1. The fraction of sp³-hybridized carbons (Fsp3) is 0.462. The number of carbonyl (C=O) groups excluding carboxylic acids is 1. The average Bonchev–Trinajstić information content (AvgIpc) is 3.46. The summed E-state index contributed by atoms with van der Waals surface area (Å²) in [5.74, 6) is 1.81. The van der Waals surface area contributed by atoms with Gasteiger partial charge in [0.25, 0.3) is 0 Å². The van der Waals surface area contributed by atoms with E-state index in [1.54, 1.807) is 24.8 Å². The molecule has 1 aromatic carbocycles. The maximum atomic E-state index is 13.4. The van der Waals surface area contributed by atoms with E-state index in [4.69, 9.17) is 9.47 Å². The fourth-order valence-electron chi connectivity index (χ4n) is 5.56. The largest absolute Gasteiger partial charge is 0.495 e. The molecule has 3 aromatic rings. The van der Waals surface area contributed by atoms with Gasteiger partial charge in [0, 0.05) is 30.1 Å². The summed E-state index contributed by atoms with van der Waals surface area (Å²) in [6, 6.07) is 4.10. The van der Waals surface area contributed by atoms with E-state index in [2.05, 4.69) is 26.3 Å². The van der Waals surface area contributed by atoms with E-state index in [9.17, 15) is 4.79 Å². The molecule has 0 unspecified atom stereocenters. The van der Waals surface area contributed by atoms with Crippen LogP contribution in [0.3, 0.4) is 0 Å². The summed E-state index contributed by atoms with van der Waals surface area (Å²) in [5, 5.41) is 4.57. The average molecular weight is 492 g/mol. The Balaban J connectivity index is 1.29. The first-order chi connectivity index (χ1) is 17.0. The normalized spacial score (nSPS) is 23.3. The molecule has 0 spiro atoms. The van der Waals surface area contributed by atoms with E-state index < -0.39 is 0 Å². The van der Waals surface area contributed by atoms with Crippen LogP contribution in [-0.2, 0) is 28.9 Å². The lowest BCUT2D eigenvalue weighted by Crippen LogP contribution is -2.50. The molecule has 1 saturated heterocycles. The summed E-state index contributed by atoms with van der Waals surface area (Å²) in [7, 11) is 1.68. The number of aliphatic imine (C=N–C) groups is 1. The lowest BCUT2D eigenvalue weighted by atomic mass is 9.86. The van der Waals surface area contributed by atoms with Crippen LogP contribution in [-0.4, -0.2) is 59.4 Å². The minimum atomic E-state index is 0.00789. The first-order valence-electron chi connectivity index (χ1n) is 12.2. The highest BCUT2D eigenvalue weighted by molar-refractivity contribution is 7.19. The predicted octanol–water partition coefficient (Wildman–Crippen LogP) is 4.12. The van der Waals surface area contributed by atoms with Gasteiger partial charge in [0.2, 0.25) is 5.91 Å². The quantitative estimate of drug-likeness (QED) is 0.591. The molecule has 1 aliphatic carbocycles. The molecule has 9 heteroatoms. The number of thiophene rings is 1.